The summed E-state index contributed by atoms with van der Waals surface area (Å²) in [5.41, 5.74) is 0.809. The van der Waals surface area contributed by atoms with Crippen molar-refractivity contribution in [3.63, 3.8) is 0 Å². The van der Waals surface area contributed by atoms with Crippen molar-refractivity contribution in [2.45, 2.75) is 27.7 Å². The smallest absolute Gasteiger partial charge is 0.336 e. The van der Waals surface area contributed by atoms with Crippen LogP contribution in [0, 0.1) is 0 Å². The Balaban J connectivity index is 1.62. The number of rotatable bonds is 5. The van der Waals surface area contributed by atoms with Crippen molar-refractivity contribution in [1.29, 1.82) is 0 Å². The molecule has 2 aliphatic heterocycles. The van der Waals surface area contributed by atoms with E-state index in [9.17, 15) is 19.2 Å². The van der Waals surface area contributed by atoms with Gasteiger partial charge in [-0.15, -0.1) is 11.8 Å². The number of ketones is 1. The number of alkyl halides is 3. The molecule has 1 aromatic carbocycles. The highest BCUT2D eigenvalue weighted by Gasteiger charge is 2.58. The number of nitrogens with zero attached hydrogens (tertiary/aromatic N) is 1. The number of β-lactam (4-membered cyclic amide) rings is 1. The van der Waals surface area contributed by atoms with Crippen LogP contribution in [0.25, 0.3) is 0 Å². The van der Waals surface area contributed by atoms with Gasteiger partial charge in [0.2, 0.25) is 15.6 Å². The molecule has 28 heavy (non-hydrogen) atoms. The van der Waals surface area contributed by atoms with E-state index in [-0.39, 0.29) is 18.1 Å². The number of thioether (sulfide) groups is 1. The molecule has 2 unspecified atom stereocenters. The number of ether oxygens (including phenoxy) is 1. The quantitative estimate of drug-likeness (QED) is 0.306. The first-order valence-corrected chi connectivity index (χ1v) is 10.4. The molecule has 0 radical (unpaired) electrons. The standard InChI is InChI=1S/C17H15Cl3N2O5S/c18-17(19,20)8-27-16(26)13-10(23)7-28-15-12(14(25)22(13)15)21-11(24)6-9-4-2-1-3-5-9/h1-5,12-13,15H,6-8H2,(H,21,24)/t12?,13?,15-/m1/s1. The van der Waals surface area contributed by atoms with Gasteiger partial charge in [-0.3, -0.25) is 14.4 Å². The first kappa shape index (κ1) is 21.2. The number of fused-ring (bicyclic) bond motifs is 1. The van der Waals surface area contributed by atoms with E-state index < -0.39 is 45.5 Å². The van der Waals surface area contributed by atoms with Gasteiger partial charge >= 0.3 is 5.97 Å². The Morgan fingerprint density at radius 1 is 1.21 bits per heavy atom. The summed E-state index contributed by atoms with van der Waals surface area (Å²) in [7, 11) is 0. The lowest BCUT2D eigenvalue weighted by Gasteiger charge is -2.51. The van der Waals surface area contributed by atoms with Crippen molar-refractivity contribution in [3.8, 4) is 0 Å². The van der Waals surface area contributed by atoms with Gasteiger partial charge in [0.15, 0.2) is 11.8 Å². The molecule has 0 saturated carbocycles. The van der Waals surface area contributed by atoms with Crippen molar-refractivity contribution in [2.24, 2.45) is 0 Å². The number of amides is 2. The highest BCUT2D eigenvalue weighted by molar-refractivity contribution is 8.00. The molecule has 0 aromatic heterocycles. The lowest BCUT2D eigenvalue weighted by Crippen LogP contribution is -2.76. The van der Waals surface area contributed by atoms with Gasteiger partial charge in [-0.05, 0) is 5.56 Å². The normalized spacial score (nSPS) is 24.2. The Kier molecular flexibility index (Phi) is 6.44. The number of hydrogen-bond acceptors (Lipinski definition) is 6. The number of Topliss-reactive ketones (excluding diaryl/α,β-unsaturated/α-hetero) is 1. The molecule has 1 aromatic rings. The van der Waals surface area contributed by atoms with Crippen LogP contribution in [0.5, 0.6) is 0 Å². The Labute approximate surface area is 180 Å². The Morgan fingerprint density at radius 3 is 2.54 bits per heavy atom. The van der Waals surface area contributed by atoms with Gasteiger partial charge in [0, 0.05) is 0 Å². The Morgan fingerprint density at radius 2 is 1.89 bits per heavy atom. The Bertz CT molecular complexity index is 802. The topological polar surface area (TPSA) is 92.8 Å². The molecule has 2 fully saturated rings. The summed E-state index contributed by atoms with van der Waals surface area (Å²) >= 11 is 17.8. The van der Waals surface area contributed by atoms with Gasteiger partial charge in [-0.2, -0.15) is 0 Å². The molecule has 7 nitrogen and oxygen atoms in total. The van der Waals surface area contributed by atoms with E-state index in [1.54, 1.807) is 12.1 Å². The number of esters is 1. The van der Waals surface area contributed by atoms with Crippen molar-refractivity contribution >= 4 is 70.1 Å². The molecular formula is C17H15Cl3N2O5S. The summed E-state index contributed by atoms with van der Waals surface area (Å²) in [5, 5.41) is 2.13. The van der Waals surface area contributed by atoms with Crippen LogP contribution in [0.1, 0.15) is 5.56 Å². The summed E-state index contributed by atoms with van der Waals surface area (Å²) in [4.78, 5) is 50.3. The third kappa shape index (κ3) is 4.74. The number of hydrogen-bond donors (Lipinski definition) is 1. The third-order valence-electron chi connectivity index (χ3n) is 4.18. The number of nitrogens with one attached hydrogen (secondary N) is 1. The molecule has 3 atom stereocenters. The maximum Gasteiger partial charge on any atom is 0.336 e. The van der Waals surface area contributed by atoms with Gasteiger partial charge in [0.25, 0.3) is 0 Å². The average molecular weight is 466 g/mol. The fourth-order valence-electron chi connectivity index (χ4n) is 2.95. The van der Waals surface area contributed by atoms with Crippen molar-refractivity contribution in [2.75, 3.05) is 12.4 Å². The molecule has 3 rings (SSSR count). The fraction of sp³-hybridized carbons (Fsp3) is 0.412. The minimum Gasteiger partial charge on any atom is -0.459 e. The van der Waals surface area contributed by atoms with Crippen molar-refractivity contribution < 1.29 is 23.9 Å². The molecule has 0 aliphatic carbocycles. The predicted octanol–water partition coefficient (Wildman–Crippen LogP) is 1.48. The molecule has 150 valence electrons. The zero-order chi connectivity index (χ0) is 20.5. The zero-order valence-electron chi connectivity index (χ0n) is 14.3. The van der Waals surface area contributed by atoms with Crippen LogP contribution in [-0.4, -0.2) is 62.1 Å². The lowest BCUT2D eigenvalue weighted by molar-refractivity contribution is -0.168. The first-order valence-electron chi connectivity index (χ1n) is 8.20. The number of carbonyl (C=O) groups excluding carboxylic acids is 4. The minimum atomic E-state index is -1.82. The van der Waals surface area contributed by atoms with Crippen LogP contribution in [0.4, 0.5) is 0 Å². The van der Waals surface area contributed by atoms with E-state index in [1.807, 2.05) is 18.2 Å². The molecule has 1 N–H and O–H groups in total. The summed E-state index contributed by atoms with van der Waals surface area (Å²) in [6.07, 6.45) is 0.121. The number of halogens is 3. The first-order chi connectivity index (χ1) is 13.2. The lowest BCUT2D eigenvalue weighted by atomic mass is 10.00. The molecule has 2 saturated heterocycles. The summed E-state index contributed by atoms with van der Waals surface area (Å²) in [6, 6.07) is 6.88. The second kappa shape index (κ2) is 8.49. The molecule has 11 heteroatoms. The second-order valence-electron chi connectivity index (χ2n) is 6.25. The Hall–Kier alpha value is -1.48. The third-order valence-corrected chi connectivity index (χ3v) is 5.80. The predicted molar refractivity (Wildman–Crippen MR) is 105 cm³/mol. The number of benzene rings is 1. The molecule has 0 bridgehead atoms. The zero-order valence-corrected chi connectivity index (χ0v) is 17.4. The van der Waals surface area contributed by atoms with E-state index in [0.29, 0.717) is 0 Å². The maximum absolute atomic E-state index is 12.5. The second-order valence-corrected chi connectivity index (χ2v) is 9.87. The van der Waals surface area contributed by atoms with Crippen molar-refractivity contribution in [1.82, 2.24) is 10.2 Å². The highest BCUT2D eigenvalue weighted by Crippen LogP contribution is 2.37. The summed E-state index contributed by atoms with van der Waals surface area (Å²) in [6.45, 7) is -0.544. The van der Waals surface area contributed by atoms with E-state index in [2.05, 4.69) is 5.32 Å². The summed E-state index contributed by atoms with van der Waals surface area (Å²) < 4.78 is 3.04. The van der Waals surface area contributed by atoms with E-state index in [0.717, 1.165) is 10.5 Å². The van der Waals surface area contributed by atoms with Crippen LogP contribution in [0.3, 0.4) is 0 Å². The molecule has 2 aliphatic rings. The average Bonchev–Trinajstić information content (AvgIpc) is 2.64. The van der Waals surface area contributed by atoms with Gasteiger partial charge in [0.1, 0.15) is 18.0 Å². The molecule has 2 amide bonds. The largest absolute Gasteiger partial charge is 0.459 e. The van der Waals surface area contributed by atoms with Gasteiger partial charge in [-0.1, -0.05) is 65.1 Å². The molecule has 0 spiro atoms. The van der Waals surface area contributed by atoms with Crippen LogP contribution < -0.4 is 5.32 Å². The van der Waals surface area contributed by atoms with E-state index in [4.69, 9.17) is 39.5 Å². The minimum absolute atomic E-state index is 0.00698. The van der Waals surface area contributed by atoms with Crippen LogP contribution >= 0.6 is 46.6 Å². The monoisotopic (exact) mass is 464 g/mol. The molecular weight excluding hydrogens is 451 g/mol. The van der Waals surface area contributed by atoms with Gasteiger partial charge in [0.05, 0.1) is 12.2 Å². The fourth-order valence-corrected chi connectivity index (χ4v) is 4.37. The summed E-state index contributed by atoms with van der Waals surface area (Å²) in [5.74, 6) is -2.27. The van der Waals surface area contributed by atoms with Crippen molar-refractivity contribution in [3.05, 3.63) is 35.9 Å². The van der Waals surface area contributed by atoms with Gasteiger partial charge < -0.3 is 15.0 Å². The van der Waals surface area contributed by atoms with Crippen LogP contribution in [0.2, 0.25) is 0 Å². The SMILES string of the molecule is O=C(Cc1ccccc1)NC1C(=O)N2C(C(=O)OCC(Cl)(Cl)Cl)C(=O)CS[C@H]12. The van der Waals surface area contributed by atoms with E-state index in [1.165, 1.54) is 11.8 Å². The molecule has 2 heterocycles. The van der Waals surface area contributed by atoms with Crippen LogP contribution in [-0.2, 0) is 30.3 Å². The van der Waals surface area contributed by atoms with E-state index >= 15 is 0 Å². The maximum atomic E-state index is 12.5. The number of carbonyl (C=O) groups is 4. The van der Waals surface area contributed by atoms with Crippen LogP contribution in [0.15, 0.2) is 30.3 Å². The van der Waals surface area contributed by atoms with Gasteiger partial charge in [-0.25, -0.2) is 4.79 Å². The highest BCUT2D eigenvalue weighted by atomic mass is 35.6.